The lowest BCUT2D eigenvalue weighted by Gasteiger charge is -2.25. The van der Waals surface area contributed by atoms with Gasteiger partial charge in [-0.1, -0.05) is 48.0 Å². The normalized spacial score (nSPS) is 11.4. The second kappa shape index (κ2) is 7.47. The molecule has 0 bridgehead atoms. The zero-order valence-electron chi connectivity index (χ0n) is 15.9. The molecular weight excluding hydrogens is 378 g/mol. The fourth-order valence-corrected chi connectivity index (χ4v) is 4.45. The standard InChI is InChI=1S/C20H21N3O4S/c1-15-9-11-17(12-10-15)23(13-16-7-5-4-6-8-16)28(26,27)18-14-21(2)20(25)22(3)19(18)24/h4-12,14H,13H2,1-3H3. The van der Waals surface area contributed by atoms with E-state index in [0.29, 0.717) is 5.69 Å². The van der Waals surface area contributed by atoms with Crippen molar-refractivity contribution in [3.63, 3.8) is 0 Å². The SMILES string of the molecule is Cc1ccc(N(Cc2ccccc2)S(=O)(=O)c2cn(C)c(=O)n(C)c2=O)cc1. The minimum atomic E-state index is -4.22. The van der Waals surface area contributed by atoms with E-state index >= 15 is 0 Å². The van der Waals surface area contributed by atoms with Crippen LogP contribution in [0.2, 0.25) is 0 Å². The fourth-order valence-electron chi connectivity index (χ4n) is 2.85. The van der Waals surface area contributed by atoms with Crippen LogP contribution in [0, 0.1) is 6.92 Å². The minimum Gasteiger partial charge on any atom is -0.302 e. The molecule has 0 unspecified atom stereocenters. The number of hydrogen-bond acceptors (Lipinski definition) is 4. The number of benzene rings is 2. The van der Waals surface area contributed by atoms with Gasteiger partial charge in [0.1, 0.15) is 0 Å². The van der Waals surface area contributed by atoms with Crippen LogP contribution in [0.3, 0.4) is 0 Å². The predicted molar refractivity (Wildman–Crippen MR) is 108 cm³/mol. The van der Waals surface area contributed by atoms with Gasteiger partial charge in [0.2, 0.25) is 0 Å². The summed E-state index contributed by atoms with van der Waals surface area (Å²) in [5.41, 5.74) is 0.750. The summed E-state index contributed by atoms with van der Waals surface area (Å²) in [7, 11) is -1.55. The third-order valence-electron chi connectivity index (χ3n) is 4.47. The number of aryl methyl sites for hydroxylation is 2. The van der Waals surface area contributed by atoms with E-state index in [1.807, 2.05) is 49.4 Å². The summed E-state index contributed by atoms with van der Waals surface area (Å²) >= 11 is 0. The third kappa shape index (κ3) is 3.63. The molecular formula is C20H21N3O4S. The number of rotatable bonds is 5. The molecule has 146 valence electrons. The predicted octanol–water partition coefficient (Wildman–Crippen LogP) is 1.79. The largest absolute Gasteiger partial charge is 0.330 e. The smallest absolute Gasteiger partial charge is 0.302 e. The molecule has 2 aromatic carbocycles. The molecule has 8 heteroatoms. The van der Waals surface area contributed by atoms with Crippen LogP contribution >= 0.6 is 0 Å². The highest BCUT2D eigenvalue weighted by molar-refractivity contribution is 7.92. The lowest BCUT2D eigenvalue weighted by molar-refractivity contribution is 0.579. The lowest BCUT2D eigenvalue weighted by Crippen LogP contribution is -2.42. The quantitative estimate of drug-likeness (QED) is 0.655. The first kappa shape index (κ1) is 19.6. The maximum Gasteiger partial charge on any atom is 0.330 e. The van der Waals surface area contributed by atoms with E-state index < -0.39 is 26.2 Å². The van der Waals surface area contributed by atoms with E-state index in [-0.39, 0.29) is 6.54 Å². The summed E-state index contributed by atoms with van der Waals surface area (Å²) in [6.07, 6.45) is 1.08. The van der Waals surface area contributed by atoms with Crippen LogP contribution in [0.15, 0.2) is 75.3 Å². The highest BCUT2D eigenvalue weighted by Crippen LogP contribution is 2.24. The third-order valence-corrected chi connectivity index (χ3v) is 6.23. The summed E-state index contributed by atoms with van der Waals surface area (Å²) in [4.78, 5) is 24.1. The summed E-state index contributed by atoms with van der Waals surface area (Å²) < 4.78 is 30.0. The van der Waals surface area contributed by atoms with Crippen molar-refractivity contribution in [3.05, 3.63) is 92.8 Å². The zero-order valence-corrected chi connectivity index (χ0v) is 16.7. The minimum absolute atomic E-state index is 0.0538. The summed E-state index contributed by atoms with van der Waals surface area (Å²) in [5.74, 6) is 0. The van der Waals surface area contributed by atoms with Gasteiger partial charge in [-0.2, -0.15) is 0 Å². The van der Waals surface area contributed by atoms with Gasteiger partial charge in [-0.15, -0.1) is 0 Å². The van der Waals surface area contributed by atoms with E-state index in [9.17, 15) is 18.0 Å². The van der Waals surface area contributed by atoms with E-state index in [1.54, 1.807) is 12.1 Å². The average molecular weight is 399 g/mol. The molecule has 0 aliphatic heterocycles. The average Bonchev–Trinajstić information content (AvgIpc) is 2.68. The molecule has 0 aliphatic rings. The van der Waals surface area contributed by atoms with E-state index in [4.69, 9.17) is 0 Å². The highest BCUT2D eigenvalue weighted by Gasteiger charge is 2.29. The van der Waals surface area contributed by atoms with Crippen LogP contribution in [0.5, 0.6) is 0 Å². The molecule has 1 aromatic heterocycles. The summed E-state index contributed by atoms with van der Waals surface area (Å²) in [6.45, 7) is 1.96. The van der Waals surface area contributed by atoms with E-state index in [1.165, 1.54) is 18.4 Å². The molecule has 0 saturated carbocycles. The molecule has 3 aromatic rings. The number of hydrogen-bond donors (Lipinski definition) is 0. The van der Waals surface area contributed by atoms with Gasteiger partial charge >= 0.3 is 5.69 Å². The van der Waals surface area contributed by atoms with E-state index in [0.717, 1.165) is 26.5 Å². The Kier molecular flexibility index (Phi) is 5.24. The Morgan fingerprint density at radius 3 is 2.14 bits per heavy atom. The second-order valence-electron chi connectivity index (χ2n) is 6.58. The van der Waals surface area contributed by atoms with Gasteiger partial charge in [0.05, 0.1) is 12.2 Å². The Morgan fingerprint density at radius 1 is 0.929 bits per heavy atom. The Morgan fingerprint density at radius 2 is 1.54 bits per heavy atom. The van der Waals surface area contributed by atoms with Crippen LogP contribution in [0.4, 0.5) is 5.69 Å². The van der Waals surface area contributed by atoms with Crippen molar-refractivity contribution in [2.75, 3.05) is 4.31 Å². The number of nitrogens with zero attached hydrogens (tertiary/aromatic N) is 3. The molecule has 0 saturated heterocycles. The maximum atomic E-state index is 13.5. The number of aromatic nitrogens is 2. The molecule has 3 rings (SSSR count). The van der Waals surface area contributed by atoms with Crippen LogP contribution < -0.4 is 15.6 Å². The summed E-state index contributed by atoms with van der Waals surface area (Å²) in [6, 6.07) is 16.1. The first-order chi connectivity index (χ1) is 13.2. The number of anilines is 1. The fraction of sp³-hybridized carbons (Fsp3) is 0.200. The van der Waals surface area contributed by atoms with Gasteiger partial charge in [-0.25, -0.2) is 13.2 Å². The Labute approximate surface area is 163 Å². The van der Waals surface area contributed by atoms with Crippen molar-refractivity contribution < 1.29 is 8.42 Å². The molecule has 0 N–H and O–H groups in total. The van der Waals surface area contributed by atoms with Crippen molar-refractivity contribution in [3.8, 4) is 0 Å². The highest BCUT2D eigenvalue weighted by atomic mass is 32.2. The maximum absolute atomic E-state index is 13.5. The molecule has 0 fully saturated rings. The van der Waals surface area contributed by atoms with Crippen molar-refractivity contribution in [2.24, 2.45) is 14.1 Å². The van der Waals surface area contributed by atoms with Crippen molar-refractivity contribution in [2.45, 2.75) is 18.4 Å². The first-order valence-corrected chi connectivity index (χ1v) is 10.1. The molecule has 0 aliphatic carbocycles. The first-order valence-electron chi connectivity index (χ1n) is 8.62. The number of sulfonamides is 1. The van der Waals surface area contributed by atoms with Crippen LogP contribution in [0.25, 0.3) is 0 Å². The van der Waals surface area contributed by atoms with Gasteiger partial charge in [0.25, 0.3) is 15.6 Å². The van der Waals surface area contributed by atoms with Crippen molar-refractivity contribution in [1.29, 1.82) is 0 Å². The molecule has 1 heterocycles. The second-order valence-corrected chi connectivity index (χ2v) is 8.41. The monoisotopic (exact) mass is 399 g/mol. The Bertz CT molecular complexity index is 1210. The molecule has 7 nitrogen and oxygen atoms in total. The van der Waals surface area contributed by atoms with Gasteiger partial charge < -0.3 is 4.57 Å². The Balaban J connectivity index is 2.20. The molecule has 0 atom stereocenters. The van der Waals surface area contributed by atoms with Gasteiger partial charge in [0.15, 0.2) is 4.90 Å². The van der Waals surface area contributed by atoms with Gasteiger partial charge in [-0.05, 0) is 24.6 Å². The topological polar surface area (TPSA) is 81.4 Å². The summed E-state index contributed by atoms with van der Waals surface area (Å²) in [5, 5.41) is 0. The Hall–Kier alpha value is -3.13. The van der Waals surface area contributed by atoms with Gasteiger partial charge in [0, 0.05) is 20.3 Å². The zero-order chi connectivity index (χ0) is 20.5. The van der Waals surface area contributed by atoms with Crippen LogP contribution in [-0.2, 0) is 30.7 Å². The van der Waals surface area contributed by atoms with Crippen molar-refractivity contribution >= 4 is 15.7 Å². The molecule has 0 spiro atoms. The van der Waals surface area contributed by atoms with E-state index in [2.05, 4.69) is 0 Å². The molecule has 28 heavy (non-hydrogen) atoms. The molecule has 0 radical (unpaired) electrons. The van der Waals surface area contributed by atoms with Crippen molar-refractivity contribution in [1.82, 2.24) is 9.13 Å². The van der Waals surface area contributed by atoms with Crippen LogP contribution in [0.1, 0.15) is 11.1 Å². The molecule has 0 amide bonds. The van der Waals surface area contributed by atoms with Gasteiger partial charge in [-0.3, -0.25) is 13.7 Å². The lowest BCUT2D eigenvalue weighted by atomic mass is 10.2. The van der Waals surface area contributed by atoms with Crippen LogP contribution in [-0.4, -0.2) is 17.6 Å².